The molecule has 0 aliphatic carbocycles. The molecule has 1 N–H and O–H groups in total. The first-order valence-corrected chi connectivity index (χ1v) is 12.2. The number of para-hydroxylation sites is 1. The zero-order chi connectivity index (χ0) is 27.5. The van der Waals surface area contributed by atoms with E-state index in [9.17, 15) is 24.5 Å². The third-order valence-corrected chi connectivity index (χ3v) is 6.45. The number of carbonyl (C=O) groups excluding carboxylic acids is 3. The summed E-state index contributed by atoms with van der Waals surface area (Å²) in [4.78, 5) is 51.0. The number of hydrogen-bond donors (Lipinski definition) is 1. The summed E-state index contributed by atoms with van der Waals surface area (Å²) in [6.07, 6.45) is 2.01. The van der Waals surface area contributed by atoms with Crippen molar-refractivity contribution in [3.05, 3.63) is 117 Å². The Labute approximate surface area is 223 Å². The van der Waals surface area contributed by atoms with Gasteiger partial charge in [-0.1, -0.05) is 67.6 Å². The Morgan fingerprint density at radius 1 is 0.949 bits per heavy atom. The van der Waals surface area contributed by atoms with E-state index in [-0.39, 0.29) is 17.9 Å². The number of urea groups is 1. The number of nitrogens with zero attached hydrogens (tertiary/aromatic N) is 2. The lowest BCUT2D eigenvalue weighted by atomic mass is 9.99. The van der Waals surface area contributed by atoms with Crippen LogP contribution in [0.25, 0.3) is 16.8 Å². The molecule has 9 nitrogen and oxygen atoms in total. The molecule has 4 aromatic rings. The Kier molecular flexibility index (Phi) is 6.88. The van der Waals surface area contributed by atoms with Crippen molar-refractivity contribution in [2.75, 3.05) is 4.90 Å². The molecule has 4 aromatic carbocycles. The molecule has 0 atom stereocenters. The van der Waals surface area contributed by atoms with E-state index in [0.29, 0.717) is 29.0 Å². The highest BCUT2D eigenvalue weighted by Crippen LogP contribution is 2.33. The summed E-state index contributed by atoms with van der Waals surface area (Å²) in [6, 6.07) is 23.3. The summed E-state index contributed by atoms with van der Waals surface area (Å²) >= 11 is 0. The van der Waals surface area contributed by atoms with Crippen LogP contribution in [0.15, 0.2) is 90.5 Å². The molecule has 1 aliphatic rings. The predicted octanol–water partition coefficient (Wildman–Crippen LogP) is 5.56. The molecule has 39 heavy (non-hydrogen) atoms. The Bertz CT molecular complexity index is 1680. The first kappa shape index (κ1) is 25.3. The van der Waals surface area contributed by atoms with E-state index in [0.717, 1.165) is 21.2 Å². The number of hydrogen-bond acceptors (Lipinski definition) is 6. The van der Waals surface area contributed by atoms with E-state index in [1.165, 1.54) is 18.2 Å². The second-order valence-corrected chi connectivity index (χ2v) is 8.85. The molecule has 1 heterocycles. The highest BCUT2D eigenvalue weighted by atomic mass is 16.6. The number of nitro groups is 1. The largest absolute Gasteiger partial charge is 0.488 e. The Morgan fingerprint density at radius 2 is 1.72 bits per heavy atom. The van der Waals surface area contributed by atoms with Crippen molar-refractivity contribution in [3.8, 4) is 5.75 Å². The molecule has 0 saturated carbocycles. The number of non-ortho nitro benzene ring substituents is 1. The lowest BCUT2D eigenvalue weighted by Gasteiger charge is -2.28. The van der Waals surface area contributed by atoms with Gasteiger partial charge in [0.25, 0.3) is 17.5 Å². The van der Waals surface area contributed by atoms with Gasteiger partial charge in [-0.05, 0) is 46.5 Å². The van der Waals surface area contributed by atoms with Crippen LogP contribution in [-0.4, -0.2) is 22.8 Å². The van der Waals surface area contributed by atoms with Crippen LogP contribution in [0.5, 0.6) is 5.75 Å². The minimum Gasteiger partial charge on any atom is -0.488 e. The standard InChI is InChI=1S/C30H23N3O6/c1-2-20-9-4-6-13-26(20)32-29(35)25(28(34)31-30(32)36)17-24-23-12-5-3-10-21(23)14-15-27(24)39-18-19-8-7-11-22(16-19)33(37)38/h3-17H,2,18H2,1H3,(H,31,34,36)/b25-17-. The number of imide groups is 2. The van der Waals surface area contributed by atoms with Gasteiger partial charge in [0.2, 0.25) is 0 Å². The molecule has 9 heteroatoms. The fourth-order valence-corrected chi connectivity index (χ4v) is 4.52. The number of rotatable bonds is 7. The Hall–Kier alpha value is -5.31. The van der Waals surface area contributed by atoms with Crippen LogP contribution in [0.4, 0.5) is 16.2 Å². The number of fused-ring (bicyclic) bond motifs is 1. The number of nitro benzene ring substituents is 1. The second kappa shape index (κ2) is 10.6. The van der Waals surface area contributed by atoms with Gasteiger partial charge in [-0.2, -0.15) is 0 Å². The van der Waals surface area contributed by atoms with Gasteiger partial charge in [0.1, 0.15) is 17.9 Å². The number of aryl methyl sites for hydroxylation is 1. The van der Waals surface area contributed by atoms with E-state index in [2.05, 4.69) is 5.32 Å². The zero-order valence-electron chi connectivity index (χ0n) is 20.9. The summed E-state index contributed by atoms with van der Waals surface area (Å²) in [5, 5.41) is 15.0. The van der Waals surface area contributed by atoms with Crippen LogP contribution >= 0.6 is 0 Å². The number of ether oxygens (including phenoxy) is 1. The third kappa shape index (κ3) is 4.97. The SMILES string of the molecule is CCc1ccccc1N1C(=O)NC(=O)/C(=C/c2c(OCc3cccc([N+](=O)[O-])c3)ccc3ccccc23)C1=O. The number of benzene rings is 4. The fraction of sp³-hybridized carbons (Fsp3) is 0.100. The van der Waals surface area contributed by atoms with Gasteiger partial charge in [0.15, 0.2) is 0 Å². The van der Waals surface area contributed by atoms with Gasteiger partial charge in [0.05, 0.1) is 10.6 Å². The normalized spacial score (nSPS) is 14.5. The molecule has 1 fully saturated rings. The van der Waals surface area contributed by atoms with E-state index in [1.807, 2.05) is 49.4 Å². The van der Waals surface area contributed by atoms with Crippen LogP contribution < -0.4 is 15.0 Å². The summed E-state index contributed by atoms with van der Waals surface area (Å²) in [6.45, 7) is 1.93. The van der Waals surface area contributed by atoms with Crippen molar-refractivity contribution in [1.29, 1.82) is 0 Å². The monoisotopic (exact) mass is 521 g/mol. The second-order valence-electron chi connectivity index (χ2n) is 8.85. The highest BCUT2D eigenvalue weighted by Gasteiger charge is 2.37. The van der Waals surface area contributed by atoms with Gasteiger partial charge >= 0.3 is 6.03 Å². The van der Waals surface area contributed by atoms with Gasteiger partial charge in [-0.3, -0.25) is 25.0 Å². The van der Waals surface area contributed by atoms with Crippen LogP contribution in [0.2, 0.25) is 0 Å². The molecule has 0 radical (unpaired) electrons. The maximum atomic E-state index is 13.6. The summed E-state index contributed by atoms with van der Waals surface area (Å²) in [5.74, 6) is -1.19. The molecular formula is C30H23N3O6. The molecule has 5 rings (SSSR count). The fourth-order valence-electron chi connectivity index (χ4n) is 4.52. The summed E-state index contributed by atoms with van der Waals surface area (Å²) in [7, 11) is 0. The van der Waals surface area contributed by atoms with Crippen LogP contribution in [-0.2, 0) is 22.6 Å². The van der Waals surface area contributed by atoms with E-state index in [1.54, 1.807) is 30.3 Å². The molecule has 1 saturated heterocycles. The minimum atomic E-state index is -0.817. The lowest BCUT2D eigenvalue weighted by Crippen LogP contribution is -2.54. The van der Waals surface area contributed by atoms with Gasteiger partial charge in [-0.15, -0.1) is 0 Å². The summed E-state index contributed by atoms with van der Waals surface area (Å²) < 4.78 is 6.06. The number of carbonyl (C=O) groups is 3. The van der Waals surface area contributed by atoms with E-state index < -0.39 is 22.8 Å². The smallest absolute Gasteiger partial charge is 0.335 e. The Balaban J connectivity index is 1.58. The molecule has 0 bridgehead atoms. The van der Waals surface area contributed by atoms with Crippen molar-refractivity contribution in [2.45, 2.75) is 20.0 Å². The molecule has 4 amide bonds. The molecular weight excluding hydrogens is 498 g/mol. The van der Waals surface area contributed by atoms with Gasteiger partial charge in [-0.25, -0.2) is 9.69 Å². The molecule has 0 spiro atoms. The third-order valence-electron chi connectivity index (χ3n) is 6.45. The Morgan fingerprint density at radius 3 is 2.51 bits per heavy atom. The maximum Gasteiger partial charge on any atom is 0.335 e. The van der Waals surface area contributed by atoms with Crippen LogP contribution in [0.3, 0.4) is 0 Å². The molecule has 0 aromatic heterocycles. The number of nitrogens with one attached hydrogen (secondary N) is 1. The predicted molar refractivity (Wildman–Crippen MR) is 146 cm³/mol. The molecule has 1 aliphatic heterocycles. The van der Waals surface area contributed by atoms with Crippen molar-refractivity contribution < 1.29 is 24.0 Å². The topological polar surface area (TPSA) is 119 Å². The number of barbiturate groups is 1. The van der Waals surface area contributed by atoms with Crippen molar-refractivity contribution in [1.82, 2.24) is 5.32 Å². The van der Waals surface area contributed by atoms with Crippen LogP contribution in [0, 0.1) is 10.1 Å². The van der Waals surface area contributed by atoms with Crippen LogP contribution in [0.1, 0.15) is 23.6 Å². The average molecular weight is 522 g/mol. The zero-order valence-corrected chi connectivity index (χ0v) is 20.9. The van der Waals surface area contributed by atoms with E-state index >= 15 is 0 Å². The van der Waals surface area contributed by atoms with Gasteiger partial charge < -0.3 is 4.74 Å². The first-order valence-electron chi connectivity index (χ1n) is 12.2. The minimum absolute atomic E-state index is 0.0187. The average Bonchev–Trinajstić information content (AvgIpc) is 2.94. The van der Waals surface area contributed by atoms with E-state index in [4.69, 9.17) is 4.74 Å². The van der Waals surface area contributed by atoms with Crippen molar-refractivity contribution in [2.24, 2.45) is 0 Å². The first-order chi connectivity index (χ1) is 18.9. The number of anilines is 1. The molecule has 194 valence electrons. The lowest BCUT2D eigenvalue weighted by molar-refractivity contribution is -0.384. The quantitative estimate of drug-likeness (QED) is 0.147. The van der Waals surface area contributed by atoms with Crippen molar-refractivity contribution in [3.63, 3.8) is 0 Å². The van der Waals surface area contributed by atoms with Gasteiger partial charge in [0, 0.05) is 17.7 Å². The molecule has 0 unspecified atom stereocenters. The van der Waals surface area contributed by atoms with Crippen molar-refractivity contribution >= 4 is 46.1 Å². The highest BCUT2D eigenvalue weighted by molar-refractivity contribution is 6.39. The summed E-state index contributed by atoms with van der Waals surface area (Å²) in [5.41, 5.74) is 1.95. The number of amides is 4. The maximum absolute atomic E-state index is 13.6.